The Balaban J connectivity index is 2.10. The second kappa shape index (κ2) is 7.68. The SMILES string of the molecule is CCC(Nc1cc(C)cc(N2CCN(C(C)C)CC2)c1)C(N)=O. The molecular weight excluding hydrogens is 288 g/mol. The van der Waals surface area contributed by atoms with E-state index in [1.807, 2.05) is 6.92 Å². The Morgan fingerprint density at radius 1 is 1.22 bits per heavy atom. The van der Waals surface area contributed by atoms with E-state index in [-0.39, 0.29) is 11.9 Å². The molecule has 128 valence electrons. The van der Waals surface area contributed by atoms with Crippen LogP contribution < -0.4 is 16.0 Å². The first kappa shape index (κ1) is 17.6. The van der Waals surface area contributed by atoms with Gasteiger partial charge in [0.1, 0.15) is 6.04 Å². The lowest BCUT2D eigenvalue weighted by molar-refractivity contribution is -0.118. The first-order valence-corrected chi connectivity index (χ1v) is 8.57. The second-order valence-corrected chi connectivity index (χ2v) is 6.68. The first-order valence-electron chi connectivity index (χ1n) is 8.57. The molecule has 0 aliphatic carbocycles. The summed E-state index contributed by atoms with van der Waals surface area (Å²) in [6, 6.07) is 6.69. The quantitative estimate of drug-likeness (QED) is 0.844. The maximum Gasteiger partial charge on any atom is 0.239 e. The van der Waals surface area contributed by atoms with E-state index in [2.05, 4.69) is 54.1 Å². The molecule has 1 aromatic carbocycles. The van der Waals surface area contributed by atoms with Gasteiger partial charge < -0.3 is 16.0 Å². The molecule has 0 aromatic heterocycles. The summed E-state index contributed by atoms with van der Waals surface area (Å²) in [7, 11) is 0. The van der Waals surface area contributed by atoms with Crippen LogP contribution in [0.15, 0.2) is 18.2 Å². The molecule has 1 amide bonds. The molecule has 1 atom stereocenters. The van der Waals surface area contributed by atoms with E-state index in [9.17, 15) is 4.79 Å². The lowest BCUT2D eigenvalue weighted by Crippen LogP contribution is -2.48. The Kier molecular flexibility index (Phi) is 5.88. The van der Waals surface area contributed by atoms with Crippen LogP contribution in [-0.4, -0.2) is 49.1 Å². The van der Waals surface area contributed by atoms with Crippen LogP contribution in [0.3, 0.4) is 0 Å². The maximum atomic E-state index is 11.5. The monoisotopic (exact) mass is 318 g/mol. The number of nitrogens with one attached hydrogen (secondary N) is 1. The van der Waals surface area contributed by atoms with Gasteiger partial charge >= 0.3 is 0 Å². The predicted octanol–water partition coefficient (Wildman–Crippen LogP) is 2.20. The minimum Gasteiger partial charge on any atom is -0.374 e. The molecule has 0 bridgehead atoms. The smallest absolute Gasteiger partial charge is 0.239 e. The third-order valence-corrected chi connectivity index (χ3v) is 4.56. The largest absolute Gasteiger partial charge is 0.374 e. The summed E-state index contributed by atoms with van der Waals surface area (Å²) in [4.78, 5) is 16.4. The van der Waals surface area contributed by atoms with E-state index in [1.54, 1.807) is 0 Å². The highest BCUT2D eigenvalue weighted by molar-refractivity contribution is 5.83. The van der Waals surface area contributed by atoms with Gasteiger partial charge in [0.25, 0.3) is 0 Å². The summed E-state index contributed by atoms with van der Waals surface area (Å²) in [5, 5.41) is 3.26. The van der Waals surface area contributed by atoms with Crippen molar-refractivity contribution < 1.29 is 4.79 Å². The molecule has 1 aliphatic rings. The molecule has 1 heterocycles. The standard InChI is InChI=1S/C18H30N4O/c1-5-17(18(19)23)20-15-10-14(4)11-16(12-15)22-8-6-21(7-9-22)13(2)3/h10-13,17,20H,5-9H2,1-4H3,(H2,19,23). The number of piperazine rings is 1. The number of hydrogen-bond acceptors (Lipinski definition) is 4. The number of nitrogens with zero attached hydrogens (tertiary/aromatic N) is 2. The van der Waals surface area contributed by atoms with Crippen molar-refractivity contribution in [1.29, 1.82) is 0 Å². The normalized spacial score (nSPS) is 17.3. The Labute approximate surface area is 139 Å². The Hall–Kier alpha value is -1.75. The highest BCUT2D eigenvalue weighted by Crippen LogP contribution is 2.24. The Bertz CT molecular complexity index is 536. The van der Waals surface area contributed by atoms with Crippen LogP contribution in [0.1, 0.15) is 32.8 Å². The fourth-order valence-electron chi connectivity index (χ4n) is 3.10. The van der Waals surface area contributed by atoms with Crippen molar-refractivity contribution in [3.8, 4) is 0 Å². The molecule has 0 saturated carbocycles. The Morgan fingerprint density at radius 2 is 1.87 bits per heavy atom. The van der Waals surface area contributed by atoms with Crippen LogP contribution in [-0.2, 0) is 4.79 Å². The zero-order valence-electron chi connectivity index (χ0n) is 14.8. The number of aryl methyl sites for hydroxylation is 1. The van der Waals surface area contributed by atoms with E-state index in [4.69, 9.17) is 5.73 Å². The molecule has 5 nitrogen and oxygen atoms in total. The third-order valence-electron chi connectivity index (χ3n) is 4.56. The van der Waals surface area contributed by atoms with Gasteiger partial charge in [-0.25, -0.2) is 0 Å². The number of anilines is 2. The predicted molar refractivity (Wildman–Crippen MR) is 97.0 cm³/mol. The minimum atomic E-state index is -0.317. The zero-order valence-corrected chi connectivity index (χ0v) is 14.8. The van der Waals surface area contributed by atoms with Gasteiger partial charge in [-0.15, -0.1) is 0 Å². The molecule has 0 spiro atoms. The van der Waals surface area contributed by atoms with E-state index in [0.717, 1.165) is 31.9 Å². The third kappa shape index (κ3) is 4.61. The van der Waals surface area contributed by atoms with Gasteiger partial charge in [0.2, 0.25) is 5.91 Å². The van der Waals surface area contributed by atoms with Crippen LogP contribution in [0.5, 0.6) is 0 Å². The molecule has 0 radical (unpaired) electrons. The van der Waals surface area contributed by atoms with Crippen molar-refractivity contribution in [2.24, 2.45) is 5.73 Å². The van der Waals surface area contributed by atoms with E-state index < -0.39 is 0 Å². The molecule has 5 heteroatoms. The van der Waals surface area contributed by atoms with Gasteiger partial charge in [-0.3, -0.25) is 9.69 Å². The molecule has 1 unspecified atom stereocenters. The molecule has 1 fully saturated rings. The van der Waals surface area contributed by atoms with Gasteiger partial charge in [0.15, 0.2) is 0 Å². The summed E-state index contributed by atoms with van der Waals surface area (Å²) in [6.07, 6.45) is 0.686. The van der Waals surface area contributed by atoms with Gasteiger partial charge in [0.05, 0.1) is 0 Å². The zero-order chi connectivity index (χ0) is 17.0. The van der Waals surface area contributed by atoms with Crippen LogP contribution >= 0.6 is 0 Å². The topological polar surface area (TPSA) is 61.6 Å². The maximum absolute atomic E-state index is 11.5. The first-order chi connectivity index (χ1) is 10.9. The number of carbonyl (C=O) groups is 1. The van der Waals surface area contributed by atoms with Crippen molar-refractivity contribution in [3.63, 3.8) is 0 Å². The lowest BCUT2D eigenvalue weighted by Gasteiger charge is -2.38. The number of hydrogen-bond donors (Lipinski definition) is 2. The van der Waals surface area contributed by atoms with Crippen LogP contribution in [0, 0.1) is 6.92 Å². The highest BCUT2D eigenvalue weighted by Gasteiger charge is 2.20. The summed E-state index contributed by atoms with van der Waals surface area (Å²) >= 11 is 0. The number of amides is 1. The minimum absolute atomic E-state index is 0.305. The van der Waals surface area contributed by atoms with Crippen LogP contribution in [0.2, 0.25) is 0 Å². The van der Waals surface area contributed by atoms with Crippen molar-refractivity contribution in [3.05, 3.63) is 23.8 Å². The average molecular weight is 318 g/mol. The van der Waals surface area contributed by atoms with Crippen molar-refractivity contribution in [2.45, 2.75) is 46.2 Å². The van der Waals surface area contributed by atoms with E-state index >= 15 is 0 Å². The molecule has 1 aliphatic heterocycles. The van der Waals surface area contributed by atoms with Gasteiger partial charge in [-0.2, -0.15) is 0 Å². The summed E-state index contributed by atoms with van der Waals surface area (Å²) in [5.41, 5.74) is 8.82. The second-order valence-electron chi connectivity index (χ2n) is 6.68. The number of rotatable bonds is 6. The van der Waals surface area contributed by atoms with E-state index in [1.165, 1.54) is 11.3 Å². The van der Waals surface area contributed by atoms with Gasteiger partial charge in [-0.1, -0.05) is 6.92 Å². The fraction of sp³-hybridized carbons (Fsp3) is 0.611. The van der Waals surface area contributed by atoms with E-state index in [0.29, 0.717) is 12.5 Å². The fourth-order valence-corrected chi connectivity index (χ4v) is 3.10. The van der Waals surface area contributed by atoms with Crippen molar-refractivity contribution >= 4 is 17.3 Å². The molecule has 23 heavy (non-hydrogen) atoms. The highest BCUT2D eigenvalue weighted by atomic mass is 16.1. The van der Waals surface area contributed by atoms with Crippen molar-refractivity contribution in [1.82, 2.24) is 4.90 Å². The van der Waals surface area contributed by atoms with Crippen LogP contribution in [0.4, 0.5) is 11.4 Å². The van der Waals surface area contributed by atoms with Gasteiger partial charge in [0, 0.05) is 43.6 Å². The molecular formula is C18H30N4O. The molecule has 1 saturated heterocycles. The summed E-state index contributed by atoms with van der Waals surface area (Å²) < 4.78 is 0. The lowest BCUT2D eigenvalue weighted by atomic mass is 10.1. The summed E-state index contributed by atoms with van der Waals surface area (Å²) in [5.74, 6) is -0.305. The molecule has 1 aromatic rings. The number of carbonyl (C=O) groups excluding carboxylic acids is 1. The number of primary amides is 1. The van der Waals surface area contributed by atoms with Gasteiger partial charge in [-0.05, 0) is 51.0 Å². The number of benzene rings is 1. The van der Waals surface area contributed by atoms with Crippen LogP contribution in [0.25, 0.3) is 0 Å². The Morgan fingerprint density at radius 3 is 2.39 bits per heavy atom. The molecule has 2 rings (SSSR count). The van der Waals surface area contributed by atoms with Crippen molar-refractivity contribution in [2.75, 3.05) is 36.4 Å². The average Bonchev–Trinajstić information content (AvgIpc) is 2.51. The summed E-state index contributed by atoms with van der Waals surface area (Å²) in [6.45, 7) is 12.8. The number of nitrogens with two attached hydrogens (primary N) is 1. The molecule has 3 N–H and O–H groups in total.